The number of piperidine rings is 1. The zero-order valence-electron chi connectivity index (χ0n) is 29.0. The molecule has 51 heavy (non-hydrogen) atoms. The molecule has 0 saturated carbocycles. The van der Waals surface area contributed by atoms with Crippen LogP contribution in [0.1, 0.15) is 42.4 Å². The van der Waals surface area contributed by atoms with Gasteiger partial charge in [-0.1, -0.05) is 84.9 Å². The molecular formula is C40H46FN5O4S. The van der Waals surface area contributed by atoms with Crippen molar-refractivity contribution >= 4 is 33.0 Å². The standard InChI is InChI=1S/C39H42FN5O.CH4O3S/c40-33-17-15-32(16-18-33)29-45-36-14-8-7-13-35(36)42-38(45)41-34-19-23-43(24-20-34)25-21-39(27-30-9-3-1-4-10-30)22-26-44(37(39)46)28-31-11-5-2-6-12-31;1-5(2,3)4/h1-18,34H,19-29H2,(H,41,42);1H3,(H,2,3,4). The van der Waals surface area contributed by atoms with Crippen LogP contribution < -0.4 is 5.32 Å². The Morgan fingerprint density at radius 1 is 0.824 bits per heavy atom. The highest BCUT2D eigenvalue weighted by molar-refractivity contribution is 7.85. The minimum atomic E-state index is -3.67. The van der Waals surface area contributed by atoms with E-state index in [-0.39, 0.29) is 11.2 Å². The maximum Gasteiger partial charge on any atom is 0.261 e. The number of hydrogen-bond donors (Lipinski definition) is 2. The lowest BCUT2D eigenvalue weighted by Gasteiger charge is -2.35. The molecule has 0 spiro atoms. The van der Waals surface area contributed by atoms with Gasteiger partial charge in [0.15, 0.2) is 0 Å². The fraction of sp³-hybridized carbons (Fsp3) is 0.350. The number of imidazole rings is 1. The molecule has 2 fully saturated rings. The summed E-state index contributed by atoms with van der Waals surface area (Å²) < 4.78 is 41.6. The molecule has 3 heterocycles. The lowest BCUT2D eigenvalue weighted by Crippen LogP contribution is -2.43. The van der Waals surface area contributed by atoms with Gasteiger partial charge in [0.25, 0.3) is 10.1 Å². The molecule has 268 valence electrons. The van der Waals surface area contributed by atoms with E-state index >= 15 is 0 Å². The van der Waals surface area contributed by atoms with Crippen LogP contribution >= 0.6 is 0 Å². The van der Waals surface area contributed by atoms with Crippen molar-refractivity contribution in [2.75, 3.05) is 37.8 Å². The molecule has 11 heteroatoms. The number of likely N-dealkylation sites (tertiary alicyclic amines) is 2. The van der Waals surface area contributed by atoms with Crippen molar-refractivity contribution in [3.05, 3.63) is 132 Å². The molecule has 5 aromatic rings. The number of para-hydroxylation sites is 2. The molecule has 2 aliphatic rings. The Balaban J connectivity index is 0.000000839. The Hall–Kier alpha value is -4.58. The molecule has 1 unspecified atom stereocenters. The van der Waals surface area contributed by atoms with Crippen LogP contribution in [0.25, 0.3) is 11.0 Å². The average Bonchev–Trinajstić information content (AvgIpc) is 3.61. The number of hydrogen-bond acceptors (Lipinski definition) is 6. The molecule has 9 nitrogen and oxygen atoms in total. The van der Waals surface area contributed by atoms with Crippen LogP contribution in [0.15, 0.2) is 109 Å². The van der Waals surface area contributed by atoms with E-state index in [2.05, 4.69) is 62.1 Å². The van der Waals surface area contributed by atoms with Gasteiger partial charge in [0.2, 0.25) is 11.9 Å². The summed E-state index contributed by atoms with van der Waals surface area (Å²) in [5.41, 5.74) is 5.12. The van der Waals surface area contributed by atoms with Crippen molar-refractivity contribution in [1.82, 2.24) is 19.4 Å². The molecule has 4 aromatic carbocycles. The van der Waals surface area contributed by atoms with E-state index < -0.39 is 10.1 Å². The molecule has 2 saturated heterocycles. The third kappa shape index (κ3) is 9.81. The molecule has 0 radical (unpaired) electrons. The third-order valence-corrected chi connectivity index (χ3v) is 9.94. The van der Waals surface area contributed by atoms with Gasteiger partial charge in [-0.3, -0.25) is 9.35 Å². The number of carbonyl (C=O) groups is 1. The lowest BCUT2D eigenvalue weighted by molar-refractivity contribution is -0.137. The van der Waals surface area contributed by atoms with E-state index in [1.807, 2.05) is 54.6 Å². The molecule has 1 atom stereocenters. The van der Waals surface area contributed by atoms with Crippen LogP contribution in [0.4, 0.5) is 10.3 Å². The highest BCUT2D eigenvalue weighted by atomic mass is 32.2. The van der Waals surface area contributed by atoms with Gasteiger partial charge in [0.05, 0.1) is 29.2 Å². The van der Waals surface area contributed by atoms with Gasteiger partial charge in [-0.25, -0.2) is 9.37 Å². The lowest BCUT2D eigenvalue weighted by atomic mass is 9.77. The average molecular weight is 712 g/mol. The topological polar surface area (TPSA) is 108 Å². The number of amides is 1. The van der Waals surface area contributed by atoms with Gasteiger partial charge >= 0.3 is 0 Å². The van der Waals surface area contributed by atoms with E-state index in [1.54, 1.807) is 0 Å². The van der Waals surface area contributed by atoms with Crippen LogP contribution in [-0.2, 0) is 34.4 Å². The predicted octanol–water partition coefficient (Wildman–Crippen LogP) is 6.66. The SMILES string of the molecule is CS(=O)(=O)O.O=C1N(Cc2ccccc2)CCC1(CCN1CCC(Nc2nc3ccccc3n2Cc2ccc(F)cc2)CC1)Cc1ccccc1. The summed E-state index contributed by atoms with van der Waals surface area (Å²) in [4.78, 5) is 23.6. The Labute approximate surface area is 299 Å². The third-order valence-electron chi connectivity index (χ3n) is 9.94. The monoisotopic (exact) mass is 711 g/mol. The number of nitrogens with one attached hydrogen (secondary N) is 1. The summed E-state index contributed by atoms with van der Waals surface area (Å²) in [6.07, 6.45) is 5.31. The van der Waals surface area contributed by atoms with E-state index in [9.17, 15) is 17.6 Å². The smallest absolute Gasteiger partial charge is 0.261 e. The van der Waals surface area contributed by atoms with Crippen LogP contribution in [-0.4, -0.2) is 76.7 Å². The van der Waals surface area contributed by atoms with Gasteiger partial charge in [-0.05, 0) is 79.6 Å². The van der Waals surface area contributed by atoms with Crippen molar-refractivity contribution in [3.63, 3.8) is 0 Å². The molecule has 1 amide bonds. The van der Waals surface area contributed by atoms with Crippen LogP contribution in [0, 0.1) is 11.2 Å². The summed E-state index contributed by atoms with van der Waals surface area (Å²) >= 11 is 0. The van der Waals surface area contributed by atoms with Crippen LogP contribution in [0.3, 0.4) is 0 Å². The van der Waals surface area contributed by atoms with Crippen molar-refractivity contribution in [2.24, 2.45) is 5.41 Å². The van der Waals surface area contributed by atoms with E-state index in [4.69, 9.17) is 9.54 Å². The summed E-state index contributed by atoms with van der Waals surface area (Å²) in [6.45, 7) is 5.01. The second-order valence-corrected chi connectivity index (χ2v) is 15.3. The van der Waals surface area contributed by atoms with Gasteiger partial charge in [-0.2, -0.15) is 8.42 Å². The molecule has 0 bridgehead atoms. The molecule has 2 N–H and O–H groups in total. The first-order chi connectivity index (χ1) is 24.5. The number of aromatic nitrogens is 2. The zero-order chi connectivity index (χ0) is 35.8. The maximum absolute atomic E-state index is 14.1. The van der Waals surface area contributed by atoms with Crippen molar-refractivity contribution in [3.8, 4) is 0 Å². The van der Waals surface area contributed by atoms with Crippen LogP contribution in [0.2, 0.25) is 0 Å². The van der Waals surface area contributed by atoms with Gasteiger partial charge in [0, 0.05) is 32.2 Å². The first-order valence-electron chi connectivity index (χ1n) is 17.5. The summed E-state index contributed by atoms with van der Waals surface area (Å²) in [5, 5.41) is 3.75. The van der Waals surface area contributed by atoms with E-state index in [0.29, 0.717) is 31.3 Å². The summed E-state index contributed by atoms with van der Waals surface area (Å²) in [6, 6.07) is 36.1. The minimum Gasteiger partial charge on any atom is -0.353 e. The maximum atomic E-state index is 14.1. The Kier molecular flexibility index (Phi) is 11.5. The Morgan fingerprint density at radius 3 is 2.08 bits per heavy atom. The van der Waals surface area contributed by atoms with Crippen molar-refractivity contribution in [2.45, 2.75) is 51.2 Å². The quantitative estimate of drug-likeness (QED) is 0.148. The Bertz CT molecular complexity index is 1990. The fourth-order valence-corrected chi connectivity index (χ4v) is 7.29. The molecular weight excluding hydrogens is 666 g/mol. The van der Waals surface area contributed by atoms with Crippen LogP contribution in [0.5, 0.6) is 0 Å². The zero-order valence-corrected chi connectivity index (χ0v) is 29.8. The second-order valence-electron chi connectivity index (χ2n) is 13.8. The number of rotatable bonds is 11. The Morgan fingerprint density at radius 2 is 1.41 bits per heavy atom. The highest BCUT2D eigenvalue weighted by Gasteiger charge is 2.46. The molecule has 7 rings (SSSR count). The number of nitrogens with zero attached hydrogens (tertiary/aromatic N) is 4. The largest absolute Gasteiger partial charge is 0.353 e. The number of carbonyl (C=O) groups excluding carboxylic acids is 1. The normalized spacial score (nSPS) is 18.5. The second kappa shape index (κ2) is 16.2. The fourth-order valence-electron chi connectivity index (χ4n) is 7.29. The number of benzene rings is 4. The highest BCUT2D eigenvalue weighted by Crippen LogP contribution is 2.40. The first-order valence-corrected chi connectivity index (χ1v) is 19.4. The van der Waals surface area contributed by atoms with Gasteiger partial charge < -0.3 is 19.7 Å². The summed E-state index contributed by atoms with van der Waals surface area (Å²) in [5.74, 6) is 0.940. The molecule has 1 aromatic heterocycles. The van der Waals surface area contributed by atoms with E-state index in [1.165, 1.54) is 23.3 Å². The first kappa shape index (κ1) is 36.2. The predicted molar refractivity (Wildman–Crippen MR) is 199 cm³/mol. The minimum absolute atomic E-state index is 0.225. The summed E-state index contributed by atoms with van der Waals surface area (Å²) in [7, 11) is -3.67. The van der Waals surface area contributed by atoms with Crippen molar-refractivity contribution in [1.29, 1.82) is 0 Å². The molecule has 0 aliphatic carbocycles. The number of halogens is 1. The molecule has 2 aliphatic heterocycles. The van der Waals surface area contributed by atoms with Crippen molar-refractivity contribution < 1.29 is 22.2 Å². The van der Waals surface area contributed by atoms with Gasteiger partial charge in [0.1, 0.15) is 5.82 Å². The number of anilines is 1. The van der Waals surface area contributed by atoms with E-state index in [0.717, 1.165) is 80.8 Å². The number of fused-ring (bicyclic) bond motifs is 1. The van der Waals surface area contributed by atoms with Gasteiger partial charge in [-0.15, -0.1) is 0 Å².